The lowest BCUT2D eigenvalue weighted by atomic mass is 10.2. The summed E-state index contributed by atoms with van der Waals surface area (Å²) >= 11 is 5.59. The van der Waals surface area contributed by atoms with Crippen molar-refractivity contribution in [3.05, 3.63) is 29.8 Å². The van der Waals surface area contributed by atoms with Crippen LogP contribution in [0, 0.1) is 0 Å². The Kier molecular flexibility index (Phi) is 5.58. The zero-order valence-corrected chi connectivity index (χ0v) is 11.3. The maximum atomic E-state index is 11.8. The number of amides is 1. The molecule has 1 amide bonds. The minimum absolute atomic E-state index is 0.00109. The molecule has 0 saturated heterocycles. The van der Waals surface area contributed by atoms with E-state index in [1.54, 1.807) is 12.1 Å². The molecule has 0 heterocycles. The van der Waals surface area contributed by atoms with Gasteiger partial charge in [0.1, 0.15) is 0 Å². The maximum Gasteiger partial charge on any atom is 0.240 e. The number of hydrogen-bond acceptors (Lipinski definition) is 3. The number of sulfonamides is 1. The van der Waals surface area contributed by atoms with E-state index in [1.165, 1.54) is 12.1 Å². The van der Waals surface area contributed by atoms with Gasteiger partial charge in [-0.2, -0.15) is 0 Å². The number of rotatable bonds is 7. The molecule has 1 rings (SSSR count). The summed E-state index contributed by atoms with van der Waals surface area (Å²) in [7, 11) is -3.58. The molecule has 0 spiro atoms. The van der Waals surface area contributed by atoms with Gasteiger partial charge in [-0.05, 0) is 24.1 Å². The van der Waals surface area contributed by atoms with E-state index in [0.29, 0.717) is 12.3 Å². The molecule has 0 bridgehead atoms. The number of hydrogen-bond donors (Lipinski definition) is 2. The van der Waals surface area contributed by atoms with E-state index < -0.39 is 15.9 Å². The second-order valence-corrected chi connectivity index (χ2v) is 5.84. The number of alkyl halides is 1. The fraction of sp³-hybridized carbons (Fsp3) is 0.364. The molecule has 0 aromatic heterocycles. The molecule has 7 heteroatoms. The van der Waals surface area contributed by atoms with Gasteiger partial charge in [0.05, 0.1) is 4.90 Å². The second kappa shape index (κ2) is 6.72. The Morgan fingerprint density at radius 3 is 2.39 bits per heavy atom. The van der Waals surface area contributed by atoms with Crippen LogP contribution in [0.3, 0.4) is 0 Å². The number of nitrogens with one attached hydrogen (secondary N) is 1. The molecule has 0 aliphatic carbocycles. The molecule has 0 fully saturated rings. The molecule has 5 nitrogen and oxygen atoms in total. The molecule has 1 aromatic rings. The highest BCUT2D eigenvalue weighted by molar-refractivity contribution is 7.89. The Balaban J connectivity index is 2.69. The van der Waals surface area contributed by atoms with Gasteiger partial charge in [-0.1, -0.05) is 12.1 Å². The van der Waals surface area contributed by atoms with Gasteiger partial charge >= 0.3 is 0 Å². The predicted molar refractivity (Wildman–Crippen MR) is 69.9 cm³/mol. The van der Waals surface area contributed by atoms with Crippen LogP contribution in [0.25, 0.3) is 0 Å². The summed E-state index contributed by atoms with van der Waals surface area (Å²) in [6, 6.07) is 6.44. The molecule has 1 aromatic carbocycles. The minimum Gasteiger partial charge on any atom is -0.370 e. The Bertz CT molecular complexity index is 500. The fourth-order valence-corrected chi connectivity index (χ4v) is 2.59. The van der Waals surface area contributed by atoms with Gasteiger partial charge in [-0.3, -0.25) is 4.79 Å². The van der Waals surface area contributed by atoms with Crippen LogP contribution in [0.15, 0.2) is 29.2 Å². The molecule has 100 valence electrons. The quantitative estimate of drug-likeness (QED) is 0.722. The van der Waals surface area contributed by atoms with Gasteiger partial charge in [0.25, 0.3) is 0 Å². The van der Waals surface area contributed by atoms with Crippen molar-refractivity contribution in [1.82, 2.24) is 4.72 Å². The summed E-state index contributed by atoms with van der Waals surface area (Å²) in [5.41, 5.74) is 5.90. The van der Waals surface area contributed by atoms with Gasteiger partial charge in [-0.25, -0.2) is 13.1 Å². The van der Waals surface area contributed by atoms with Gasteiger partial charge in [0.15, 0.2) is 0 Å². The largest absolute Gasteiger partial charge is 0.370 e. The third kappa shape index (κ3) is 4.64. The van der Waals surface area contributed by atoms with Crippen LogP contribution in [-0.4, -0.2) is 26.7 Å². The zero-order valence-electron chi connectivity index (χ0n) is 9.73. The van der Waals surface area contributed by atoms with Crippen molar-refractivity contribution in [1.29, 1.82) is 0 Å². The molecule has 18 heavy (non-hydrogen) atoms. The highest BCUT2D eigenvalue weighted by Crippen LogP contribution is 2.11. The lowest BCUT2D eigenvalue weighted by molar-refractivity contribution is -0.117. The third-order valence-electron chi connectivity index (χ3n) is 2.28. The van der Waals surface area contributed by atoms with Crippen molar-refractivity contribution in [2.24, 2.45) is 5.73 Å². The SMILES string of the molecule is NC(=O)CCNS(=O)(=O)c1ccc(CCCl)cc1. The third-order valence-corrected chi connectivity index (χ3v) is 3.95. The topological polar surface area (TPSA) is 89.3 Å². The average Bonchev–Trinajstić information content (AvgIpc) is 2.29. The van der Waals surface area contributed by atoms with Crippen LogP contribution in [0.1, 0.15) is 12.0 Å². The maximum absolute atomic E-state index is 11.8. The molecule has 0 atom stereocenters. The number of carbonyl (C=O) groups is 1. The molecular formula is C11H15ClN2O3S. The van der Waals surface area contributed by atoms with E-state index in [1.807, 2.05) is 0 Å². The minimum atomic E-state index is -3.58. The summed E-state index contributed by atoms with van der Waals surface area (Å²) in [6.45, 7) is 0.00109. The van der Waals surface area contributed by atoms with Crippen LogP contribution >= 0.6 is 11.6 Å². The second-order valence-electron chi connectivity index (χ2n) is 3.70. The lowest BCUT2D eigenvalue weighted by Gasteiger charge is -2.06. The van der Waals surface area contributed by atoms with Gasteiger partial charge < -0.3 is 5.73 Å². The van der Waals surface area contributed by atoms with Crippen molar-refractivity contribution >= 4 is 27.5 Å². The zero-order chi connectivity index (χ0) is 13.6. The van der Waals surface area contributed by atoms with Crippen LogP contribution in [0.4, 0.5) is 0 Å². The van der Waals surface area contributed by atoms with Crippen LogP contribution in [0.2, 0.25) is 0 Å². The van der Waals surface area contributed by atoms with E-state index >= 15 is 0 Å². The number of benzene rings is 1. The van der Waals surface area contributed by atoms with E-state index in [9.17, 15) is 13.2 Å². The summed E-state index contributed by atoms with van der Waals surface area (Å²) in [5.74, 6) is -0.0571. The predicted octanol–water partition coefficient (Wildman–Crippen LogP) is 0.622. The van der Waals surface area contributed by atoms with E-state index in [0.717, 1.165) is 5.56 Å². The van der Waals surface area contributed by atoms with Gasteiger partial charge in [-0.15, -0.1) is 11.6 Å². The first-order valence-corrected chi connectivity index (χ1v) is 7.40. The smallest absolute Gasteiger partial charge is 0.240 e. The van der Waals surface area contributed by atoms with E-state index in [2.05, 4.69) is 4.72 Å². The summed E-state index contributed by atoms with van der Waals surface area (Å²) in [5, 5.41) is 0. The van der Waals surface area contributed by atoms with Crippen LogP contribution < -0.4 is 10.5 Å². The van der Waals surface area contributed by atoms with Gasteiger partial charge in [0, 0.05) is 18.8 Å². The average molecular weight is 291 g/mol. The molecule has 0 unspecified atom stereocenters. The Labute approximate surface area is 111 Å². The van der Waals surface area contributed by atoms with Crippen molar-refractivity contribution < 1.29 is 13.2 Å². The number of primary amides is 1. The number of nitrogens with two attached hydrogens (primary N) is 1. The monoisotopic (exact) mass is 290 g/mol. The highest BCUT2D eigenvalue weighted by atomic mass is 35.5. The van der Waals surface area contributed by atoms with Crippen LogP contribution in [-0.2, 0) is 21.2 Å². The highest BCUT2D eigenvalue weighted by Gasteiger charge is 2.13. The van der Waals surface area contributed by atoms with E-state index in [-0.39, 0.29) is 17.9 Å². The Morgan fingerprint density at radius 1 is 1.28 bits per heavy atom. The Morgan fingerprint density at radius 2 is 1.89 bits per heavy atom. The number of halogens is 1. The van der Waals surface area contributed by atoms with Crippen molar-refractivity contribution in [2.45, 2.75) is 17.7 Å². The lowest BCUT2D eigenvalue weighted by Crippen LogP contribution is -2.28. The first kappa shape index (κ1) is 14.9. The molecule has 0 aliphatic rings. The first-order chi connectivity index (χ1) is 8.45. The summed E-state index contributed by atoms with van der Waals surface area (Å²) < 4.78 is 25.9. The molecule has 3 N–H and O–H groups in total. The Hall–Kier alpha value is -1.11. The molecular weight excluding hydrogens is 276 g/mol. The molecule has 0 saturated carbocycles. The van der Waals surface area contributed by atoms with Crippen molar-refractivity contribution in [3.8, 4) is 0 Å². The van der Waals surface area contributed by atoms with E-state index in [4.69, 9.17) is 17.3 Å². The summed E-state index contributed by atoms with van der Waals surface area (Å²) in [4.78, 5) is 10.7. The first-order valence-electron chi connectivity index (χ1n) is 5.38. The van der Waals surface area contributed by atoms with Crippen molar-refractivity contribution in [2.75, 3.05) is 12.4 Å². The fourth-order valence-electron chi connectivity index (χ4n) is 1.34. The standard InChI is InChI=1S/C11H15ClN2O3S/c12-7-5-9-1-3-10(4-2-9)18(16,17)14-8-6-11(13)15/h1-4,14H,5-8H2,(H2,13,15). The molecule has 0 aliphatic heterocycles. The van der Waals surface area contributed by atoms with Gasteiger partial charge in [0.2, 0.25) is 15.9 Å². The normalized spacial score (nSPS) is 11.4. The van der Waals surface area contributed by atoms with Crippen LogP contribution in [0.5, 0.6) is 0 Å². The number of aryl methyl sites for hydroxylation is 1. The van der Waals surface area contributed by atoms with Crippen molar-refractivity contribution in [3.63, 3.8) is 0 Å². The summed E-state index contributed by atoms with van der Waals surface area (Å²) in [6.07, 6.45) is 0.667. The number of carbonyl (C=O) groups excluding carboxylic acids is 1. The molecule has 0 radical (unpaired) electrons.